The maximum absolute atomic E-state index is 13.2. The van der Waals surface area contributed by atoms with Crippen LogP contribution in [0.2, 0.25) is 5.02 Å². The SMILES string of the molecule is Nc1cc(F)ccc1Nc1ccc(Cl)c(F)c1. The second-order valence-corrected chi connectivity index (χ2v) is 3.89. The number of rotatable bonds is 2. The minimum atomic E-state index is -0.530. The van der Waals surface area contributed by atoms with Crippen LogP contribution >= 0.6 is 11.6 Å². The Morgan fingerprint density at radius 1 is 1.06 bits per heavy atom. The summed E-state index contributed by atoms with van der Waals surface area (Å²) in [6.07, 6.45) is 0. The zero-order chi connectivity index (χ0) is 12.4. The van der Waals surface area contributed by atoms with Gasteiger partial charge in [-0.05, 0) is 36.4 Å². The van der Waals surface area contributed by atoms with Gasteiger partial charge >= 0.3 is 0 Å². The van der Waals surface area contributed by atoms with Gasteiger partial charge in [0.05, 0.1) is 16.4 Å². The van der Waals surface area contributed by atoms with E-state index in [9.17, 15) is 8.78 Å². The van der Waals surface area contributed by atoms with Crippen LogP contribution in [0.3, 0.4) is 0 Å². The average Bonchev–Trinajstić information content (AvgIpc) is 2.27. The number of nitrogen functional groups attached to an aromatic ring is 1. The van der Waals surface area contributed by atoms with E-state index < -0.39 is 11.6 Å². The molecule has 0 aromatic heterocycles. The molecule has 0 aliphatic carbocycles. The van der Waals surface area contributed by atoms with Gasteiger partial charge in [0.25, 0.3) is 0 Å². The van der Waals surface area contributed by atoms with Gasteiger partial charge in [0.2, 0.25) is 0 Å². The molecule has 0 radical (unpaired) electrons. The van der Waals surface area contributed by atoms with Crippen molar-refractivity contribution in [1.82, 2.24) is 0 Å². The molecule has 2 nitrogen and oxygen atoms in total. The molecule has 0 saturated heterocycles. The Kier molecular flexibility index (Phi) is 3.15. The van der Waals surface area contributed by atoms with Crippen molar-refractivity contribution in [2.45, 2.75) is 0 Å². The molecule has 2 aromatic rings. The van der Waals surface area contributed by atoms with Crippen LogP contribution in [0.1, 0.15) is 0 Å². The van der Waals surface area contributed by atoms with E-state index in [1.165, 1.54) is 30.3 Å². The summed E-state index contributed by atoms with van der Waals surface area (Å²) in [6, 6.07) is 8.22. The first-order valence-electron chi connectivity index (χ1n) is 4.83. The molecule has 0 fully saturated rings. The highest BCUT2D eigenvalue weighted by Gasteiger charge is 2.04. The normalized spacial score (nSPS) is 10.3. The molecule has 0 aliphatic rings. The van der Waals surface area contributed by atoms with Gasteiger partial charge in [-0.15, -0.1) is 0 Å². The predicted molar refractivity (Wildman–Crippen MR) is 65.5 cm³/mol. The fourth-order valence-corrected chi connectivity index (χ4v) is 1.49. The van der Waals surface area contributed by atoms with Crippen molar-refractivity contribution in [2.24, 2.45) is 0 Å². The van der Waals surface area contributed by atoms with Crippen LogP contribution in [0.15, 0.2) is 36.4 Å². The molecular formula is C12H9ClF2N2. The van der Waals surface area contributed by atoms with Gasteiger partial charge in [0.15, 0.2) is 0 Å². The third-order valence-corrected chi connectivity index (χ3v) is 2.52. The smallest absolute Gasteiger partial charge is 0.143 e. The van der Waals surface area contributed by atoms with E-state index in [4.69, 9.17) is 17.3 Å². The number of benzene rings is 2. The Hall–Kier alpha value is -1.81. The number of hydrogen-bond acceptors (Lipinski definition) is 2. The lowest BCUT2D eigenvalue weighted by Crippen LogP contribution is -1.97. The summed E-state index contributed by atoms with van der Waals surface area (Å²) in [5, 5.41) is 2.92. The van der Waals surface area contributed by atoms with Crippen LogP contribution in [0, 0.1) is 11.6 Å². The predicted octanol–water partition coefficient (Wildman–Crippen LogP) is 3.94. The highest BCUT2D eigenvalue weighted by Crippen LogP contribution is 2.26. The monoisotopic (exact) mass is 254 g/mol. The Bertz CT molecular complexity index is 558. The standard InChI is InChI=1S/C12H9ClF2N2/c13-9-3-2-8(6-10(9)15)17-12-4-1-7(14)5-11(12)16/h1-6,17H,16H2. The quantitative estimate of drug-likeness (QED) is 0.797. The summed E-state index contributed by atoms with van der Waals surface area (Å²) in [5.74, 6) is -0.951. The lowest BCUT2D eigenvalue weighted by atomic mass is 10.2. The van der Waals surface area contributed by atoms with Crippen LogP contribution < -0.4 is 11.1 Å². The van der Waals surface area contributed by atoms with Gasteiger partial charge in [-0.1, -0.05) is 11.6 Å². The maximum atomic E-state index is 13.2. The number of anilines is 3. The molecule has 0 saturated carbocycles. The first-order valence-corrected chi connectivity index (χ1v) is 5.21. The Labute approximate surface area is 102 Å². The van der Waals surface area contributed by atoms with Gasteiger partial charge in [0, 0.05) is 5.69 Å². The van der Waals surface area contributed by atoms with Gasteiger partial charge < -0.3 is 11.1 Å². The number of hydrogen-bond donors (Lipinski definition) is 2. The second kappa shape index (κ2) is 4.59. The molecule has 2 rings (SSSR count). The number of nitrogens with two attached hydrogens (primary N) is 1. The van der Waals surface area contributed by atoms with Crippen LogP contribution in [0.4, 0.5) is 25.8 Å². The number of halogens is 3. The molecule has 88 valence electrons. The fourth-order valence-electron chi connectivity index (χ4n) is 1.38. The van der Waals surface area contributed by atoms with Crippen molar-refractivity contribution < 1.29 is 8.78 Å². The molecule has 0 spiro atoms. The lowest BCUT2D eigenvalue weighted by molar-refractivity contribution is 0.628. The molecule has 5 heteroatoms. The minimum Gasteiger partial charge on any atom is -0.397 e. The van der Waals surface area contributed by atoms with E-state index in [1.807, 2.05) is 0 Å². The van der Waals surface area contributed by atoms with Crippen LogP contribution in [-0.4, -0.2) is 0 Å². The van der Waals surface area contributed by atoms with E-state index in [0.29, 0.717) is 11.4 Å². The van der Waals surface area contributed by atoms with Crippen molar-refractivity contribution >= 4 is 28.7 Å². The maximum Gasteiger partial charge on any atom is 0.143 e. The largest absolute Gasteiger partial charge is 0.397 e. The topological polar surface area (TPSA) is 38.0 Å². The molecule has 3 N–H and O–H groups in total. The van der Waals surface area contributed by atoms with Gasteiger partial charge in [-0.25, -0.2) is 8.78 Å². The molecule has 0 amide bonds. The van der Waals surface area contributed by atoms with Crippen molar-refractivity contribution in [3.05, 3.63) is 53.1 Å². The van der Waals surface area contributed by atoms with Crippen LogP contribution in [0.25, 0.3) is 0 Å². The minimum absolute atomic E-state index is 0.0441. The summed E-state index contributed by atoms with van der Waals surface area (Å²) in [6.45, 7) is 0. The second-order valence-electron chi connectivity index (χ2n) is 3.49. The van der Waals surface area contributed by atoms with Crippen LogP contribution in [-0.2, 0) is 0 Å². The summed E-state index contributed by atoms with van der Waals surface area (Å²) < 4.78 is 26.0. The van der Waals surface area contributed by atoms with Crippen molar-refractivity contribution in [3.63, 3.8) is 0 Å². The van der Waals surface area contributed by atoms with Gasteiger partial charge in [0.1, 0.15) is 11.6 Å². The van der Waals surface area contributed by atoms with E-state index >= 15 is 0 Å². The summed E-state index contributed by atoms with van der Waals surface area (Å²) in [5.41, 5.74) is 6.86. The zero-order valence-corrected chi connectivity index (χ0v) is 9.43. The molecule has 2 aromatic carbocycles. The molecule has 0 heterocycles. The average molecular weight is 255 g/mol. The Morgan fingerprint density at radius 2 is 1.82 bits per heavy atom. The lowest BCUT2D eigenvalue weighted by Gasteiger charge is -2.09. The highest BCUT2D eigenvalue weighted by atomic mass is 35.5. The van der Waals surface area contributed by atoms with Crippen LogP contribution in [0.5, 0.6) is 0 Å². The van der Waals surface area contributed by atoms with Gasteiger partial charge in [-0.2, -0.15) is 0 Å². The Morgan fingerprint density at radius 3 is 2.47 bits per heavy atom. The third-order valence-electron chi connectivity index (χ3n) is 2.21. The zero-order valence-electron chi connectivity index (χ0n) is 8.68. The first kappa shape index (κ1) is 11.7. The third kappa shape index (κ3) is 2.65. The summed E-state index contributed by atoms with van der Waals surface area (Å²) >= 11 is 5.56. The molecule has 0 atom stereocenters. The first-order chi connectivity index (χ1) is 8.06. The fraction of sp³-hybridized carbons (Fsp3) is 0. The van der Waals surface area contributed by atoms with E-state index in [2.05, 4.69) is 5.32 Å². The molecule has 0 bridgehead atoms. The molecular weight excluding hydrogens is 246 g/mol. The molecule has 17 heavy (non-hydrogen) atoms. The number of nitrogens with one attached hydrogen (secondary N) is 1. The molecule has 0 unspecified atom stereocenters. The highest BCUT2D eigenvalue weighted by molar-refractivity contribution is 6.30. The van der Waals surface area contributed by atoms with E-state index in [1.54, 1.807) is 6.07 Å². The van der Waals surface area contributed by atoms with Crippen molar-refractivity contribution in [3.8, 4) is 0 Å². The van der Waals surface area contributed by atoms with Crippen molar-refractivity contribution in [1.29, 1.82) is 0 Å². The summed E-state index contributed by atoms with van der Waals surface area (Å²) in [7, 11) is 0. The Balaban J connectivity index is 2.28. The van der Waals surface area contributed by atoms with E-state index in [-0.39, 0.29) is 10.7 Å². The summed E-state index contributed by atoms with van der Waals surface area (Å²) in [4.78, 5) is 0. The van der Waals surface area contributed by atoms with Gasteiger partial charge in [-0.3, -0.25) is 0 Å². The van der Waals surface area contributed by atoms with Crippen molar-refractivity contribution in [2.75, 3.05) is 11.1 Å². The molecule has 0 aliphatic heterocycles. The van der Waals surface area contributed by atoms with E-state index in [0.717, 1.165) is 0 Å².